The first-order valence-corrected chi connectivity index (χ1v) is 9.94. The van der Waals surface area contributed by atoms with E-state index in [1.165, 1.54) is 11.1 Å². The van der Waals surface area contributed by atoms with Gasteiger partial charge in [-0.25, -0.2) is 4.98 Å². The molecular formula is C25H26N2O. The molecule has 0 saturated carbocycles. The molecule has 0 spiro atoms. The van der Waals surface area contributed by atoms with Gasteiger partial charge in [-0.1, -0.05) is 60.7 Å². The van der Waals surface area contributed by atoms with Crippen LogP contribution in [0.5, 0.6) is 5.75 Å². The number of nitrogens with zero attached hydrogens (tertiary/aromatic N) is 2. The Hall–Kier alpha value is -3.07. The molecule has 1 heterocycles. The van der Waals surface area contributed by atoms with Crippen molar-refractivity contribution in [1.29, 1.82) is 0 Å². The first kappa shape index (κ1) is 18.3. The summed E-state index contributed by atoms with van der Waals surface area (Å²) in [6.07, 6.45) is 4.10. The summed E-state index contributed by atoms with van der Waals surface area (Å²) < 4.78 is 7.83. The van der Waals surface area contributed by atoms with Gasteiger partial charge < -0.3 is 9.30 Å². The van der Waals surface area contributed by atoms with E-state index in [-0.39, 0.29) is 0 Å². The van der Waals surface area contributed by atoms with E-state index in [0.29, 0.717) is 0 Å². The standard InChI is InChI=1S/C25H26N2O/c1-28-22-15-16-23-24(19-22)27(18-8-13-20-9-4-2-5-10-20)25(26-23)17-14-21-11-6-3-7-12-21/h2-7,9-12,15-16,19H,8,13-14,17-18H2,1H3. The normalized spacial score (nSPS) is 11.0. The van der Waals surface area contributed by atoms with Crippen LogP contribution in [0, 0.1) is 0 Å². The Morgan fingerprint density at radius 3 is 2.14 bits per heavy atom. The molecule has 1 aromatic heterocycles. The molecule has 0 saturated heterocycles. The third kappa shape index (κ3) is 4.25. The predicted molar refractivity (Wildman–Crippen MR) is 115 cm³/mol. The topological polar surface area (TPSA) is 27.1 Å². The van der Waals surface area contributed by atoms with E-state index in [2.05, 4.69) is 77.4 Å². The predicted octanol–water partition coefficient (Wildman–Crippen LogP) is 5.46. The van der Waals surface area contributed by atoms with Crippen molar-refractivity contribution in [2.24, 2.45) is 0 Å². The van der Waals surface area contributed by atoms with Gasteiger partial charge in [-0.3, -0.25) is 0 Å². The van der Waals surface area contributed by atoms with E-state index in [9.17, 15) is 0 Å². The van der Waals surface area contributed by atoms with Crippen molar-refractivity contribution >= 4 is 11.0 Å². The van der Waals surface area contributed by atoms with Gasteiger partial charge in [0.25, 0.3) is 0 Å². The average Bonchev–Trinajstić information content (AvgIpc) is 3.10. The lowest BCUT2D eigenvalue weighted by atomic mass is 10.1. The summed E-state index contributed by atoms with van der Waals surface area (Å²) in [5.41, 5.74) is 4.94. The van der Waals surface area contributed by atoms with Crippen LogP contribution in [0.25, 0.3) is 11.0 Å². The second-order valence-corrected chi connectivity index (χ2v) is 7.11. The summed E-state index contributed by atoms with van der Waals surface area (Å²) in [5, 5.41) is 0. The number of ether oxygens (including phenoxy) is 1. The molecule has 4 aromatic rings. The number of rotatable bonds is 8. The van der Waals surface area contributed by atoms with Gasteiger partial charge in [0.2, 0.25) is 0 Å². The number of benzene rings is 3. The van der Waals surface area contributed by atoms with Gasteiger partial charge in [0.15, 0.2) is 0 Å². The van der Waals surface area contributed by atoms with Crippen LogP contribution >= 0.6 is 0 Å². The summed E-state index contributed by atoms with van der Waals surface area (Å²) in [6, 6.07) is 27.5. The molecule has 0 atom stereocenters. The zero-order valence-corrected chi connectivity index (χ0v) is 16.3. The number of imidazole rings is 1. The molecule has 0 aliphatic heterocycles. The third-order valence-electron chi connectivity index (χ3n) is 5.20. The van der Waals surface area contributed by atoms with E-state index in [4.69, 9.17) is 9.72 Å². The SMILES string of the molecule is COc1ccc2nc(CCc3ccccc3)n(CCCc3ccccc3)c2c1. The number of aryl methyl sites for hydroxylation is 4. The fraction of sp³-hybridized carbons (Fsp3) is 0.240. The lowest BCUT2D eigenvalue weighted by molar-refractivity contribution is 0.415. The van der Waals surface area contributed by atoms with Crippen LogP contribution in [0.15, 0.2) is 78.9 Å². The van der Waals surface area contributed by atoms with E-state index >= 15 is 0 Å². The zero-order chi connectivity index (χ0) is 19.2. The van der Waals surface area contributed by atoms with Crippen LogP contribution in [0.4, 0.5) is 0 Å². The smallest absolute Gasteiger partial charge is 0.121 e. The number of methoxy groups -OCH3 is 1. The van der Waals surface area contributed by atoms with Crippen LogP contribution in [0.3, 0.4) is 0 Å². The molecule has 4 rings (SSSR count). The molecular weight excluding hydrogens is 344 g/mol. The summed E-state index contributed by atoms with van der Waals surface area (Å²) in [4.78, 5) is 4.94. The number of aromatic nitrogens is 2. The monoisotopic (exact) mass is 370 g/mol. The second kappa shape index (κ2) is 8.75. The maximum Gasteiger partial charge on any atom is 0.121 e. The molecule has 28 heavy (non-hydrogen) atoms. The molecule has 0 N–H and O–H groups in total. The van der Waals surface area contributed by atoms with E-state index in [0.717, 1.165) is 54.8 Å². The highest BCUT2D eigenvalue weighted by molar-refractivity contribution is 5.77. The fourth-order valence-electron chi connectivity index (χ4n) is 3.71. The van der Waals surface area contributed by atoms with Crippen LogP contribution in [-0.2, 0) is 25.8 Å². The van der Waals surface area contributed by atoms with Crippen LogP contribution in [0.2, 0.25) is 0 Å². The van der Waals surface area contributed by atoms with Gasteiger partial charge in [-0.2, -0.15) is 0 Å². The fourth-order valence-corrected chi connectivity index (χ4v) is 3.71. The van der Waals surface area contributed by atoms with Crippen LogP contribution in [-0.4, -0.2) is 16.7 Å². The number of fused-ring (bicyclic) bond motifs is 1. The first-order valence-electron chi connectivity index (χ1n) is 9.94. The van der Waals surface area contributed by atoms with Crippen molar-refractivity contribution in [3.05, 3.63) is 95.8 Å². The maximum absolute atomic E-state index is 5.45. The third-order valence-corrected chi connectivity index (χ3v) is 5.20. The van der Waals surface area contributed by atoms with Crippen molar-refractivity contribution in [3.63, 3.8) is 0 Å². The summed E-state index contributed by atoms with van der Waals surface area (Å²) in [7, 11) is 1.72. The summed E-state index contributed by atoms with van der Waals surface area (Å²) in [6.45, 7) is 0.961. The van der Waals surface area contributed by atoms with Gasteiger partial charge in [-0.15, -0.1) is 0 Å². The van der Waals surface area contributed by atoms with Crippen molar-refractivity contribution in [2.75, 3.05) is 7.11 Å². The maximum atomic E-state index is 5.45. The molecule has 3 aromatic carbocycles. The second-order valence-electron chi connectivity index (χ2n) is 7.11. The van der Waals surface area contributed by atoms with Gasteiger partial charge in [-0.05, 0) is 42.5 Å². The Bertz CT molecular complexity index is 1020. The van der Waals surface area contributed by atoms with E-state index < -0.39 is 0 Å². The lowest BCUT2D eigenvalue weighted by Gasteiger charge is -2.10. The van der Waals surface area contributed by atoms with E-state index in [1.807, 2.05) is 6.07 Å². The van der Waals surface area contributed by atoms with E-state index in [1.54, 1.807) is 7.11 Å². The molecule has 0 unspecified atom stereocenters. The molecule has 0 fully saturated rings. The van der Waals surface area contributed by atoms with Gasteiger partial charge in [0.05, 0.1) is 18.1 Å². The largest absolute Gasteiger partial charge is 0.497 e. The Labute approximate surface area is 166 Å². The van der Waals surface area contributed by atoms with Crippen molar-refractivity contribution in [2.45, 2.75) is 32.2 Å². The van der Waals surface area contributed by atoms with Gasteiger partial charge in [0, 0.05) is 19.0 Å². The van der Waals surface area contributed by atoms with Crippen molar-refractivity contribution in [3.8, 4) is 5.75 Å². The zero-order valence-electron chi connectivity index (χ0n) is 16.3. The Kier molecular flexibility index (Phi) is 5.72. The summed E-state index contributed by atoms with van der Waals surface area (Å²) >= 11 is 0. The molecule has 0 bridgehead atoms. The number of hydrogen-bond donors (Lipinski definition) is 0. The van der Waals surface area contributed by atoms with Gasteiger partial charge in [0.1, 0.15) is 11.6 Å². The molecule has 0 aliphatic rings. The Morgan fingerprint density at radius 2 is 1.46 bits per heavy atom. The molecule has 3 nitrogen and oxygen atoms in total. The molecule has 0 radical (unpaired) electrons. The highest BCUT2D eigenvalue weighted by Gasteiger charge is 2.12. The average molecular weight is 370 g/mol. The quantitative estimate of drug-likeness (QED) is 0.412. The molecule has 0 amide bonds. The number of hydrogen-bond acceptors (Lipinski definition) is 2. The van der Waals surface area contributed by atoms with Crippen molar-refractivity contribution in [1.82, 2.24) is 9.55 Å². The molecule has 3 heteroatoms. The minimum absolute atomic E-state index is 0.881. The lowest BCUT2D eigenvalue weighted by Crippen LogP contribution is -2.06. The van der Waals surface area contributed by atoms with Crippen molar-refractivity contribution < 1.29 is 4.74 Å². The first-order chi connectivity index (χ1) is 13.8. The minimum Gasteiger partial charge on any atom is -0.497 e. The summed E-state index contributed by atoms with van der Waals surface area (Å²) in [5.74, 6) is 2.03. The molecule has 0 aliphatic carbocycles. The van der Waals surface area contributed by atoms with Gasteiger partial charge >= 0.3 is 0 Å². The highest BCUT2D eigenvalue weighted by atomic mass is 16.5. The molecule has 142 valence electrons. The minimum atomic E-state index is 0.881. The van der Waals surface area contributed by atoms with Crippen LogP contribution < -0.4 is 4.74 Å². The Balaban J connectivity index is 1.56. The highest BCUT2D eigenvalue weighted by Crippen LogP contribution is 2.23. The van der Waals surface area contributed by atoms with Crippen LogP contribution in [0.1, 0.15) is 23.4 Å². The Morgan fingerprint density at radius 1 is 0.786 bits per heavy atom.